The number of primary amides is 1. The number of hydrogen-bond donors (Lipinski definition) is 3. The zero-order valence-electron chi connectivity index (χ0n) is 12.0. The van der Waals surface area contributed by atoms with Gasteiger partial charge in [0.15, 0.2) is 0 Å². The number of piperazine rings is 1. The molecule has 1 saturated heterocycles. The Labute approximate surface area is 123 Å². The van der Waals surface area contributed by atoms with Gasteiger partial charge >= 0.3 is 11.9 Å². The van der Waals surface area contributed by atoms with Crippen LogP contribution in [0, 0.1) is 0 Å². The van der Waals surface area contributed by atoms with E-state index in [0.29, 0.717) is 25.9 Å². The predicted molar refractivity (Wildman–Crippen MR) is 76.0 cm³/mol. The van der Waals surface area contributed by atoms with E-state index in [1.165, 1.54) is 0 Å². The van der Waals surface area contributed by atoms with Gasteiger partial charge in [-0.3, -0.25) is 14.4 Å². The number of carbonyl (C=O) groups is 3. The smallest absolute Gasteiger partial charge is 0.325 e. The first-order chi connectivity index (χ1) is 9.95. The Morgan fingerprint density at radius 1 is 1.24 bits per heavy atom. The topological polar surface area (TPSA) is 122 Å². The van der Waals surface area contributed by atoms with Crippen LogP contribution >= 0.6 is 0 Å². The van der Waals surface area contributed by atoms with Gasteiger partial charge in [-0.2, -0.15) is 0 Å². The van der Waals surface area contributed by atoms with Crippen LogP contribution in [0.3, 0.4) is 0 Å². The van der Waals surface area contributed by atoms with Crippen LogP contribution in [-0.2, 0) is 19.2 Å². The second-order valence-electron chi connectivity index (χ2n) is 4.35. The molecule has 0 atom stereocenters. The SMILES string of the molecule is C=CC(N)=O.O=C(O)CCCCC(=O)ON1CCNCC1. The van der Waals surface area contributed by atoms with Gasteiger partial charge in [0.1, 0.15) is 0 Å². The first-order valence-electron chi connectivity index (χ1n) is 6.75. The van der Waals surface area contributed by atoms with E-state index in [1.54, 1.807) is 5.06 Å². The molecule has 0 aromatic carbocycles. The van der Waals surface area contributed by atoms with E-state index in [1.807, 2.05) is 0 Å². The van der Waals surface area contributed by atoms with Crippen LogP contribution in [0.5, 0.6) is 0 Å². The van der Waals surface area contributed by atoms with Crippen molar-refractivity contribution in [3.63, 3.8) is 0 Å². The second kappa shape index (κ2) is 11.9. The van der Waals surface area contributed by atoms with E-state index in [2.05, 4.69) is 17.6 Å². The fourth-order valence-corrected chi connectivity index (χ4v) is 1.47. The summed E-state index contributed by atoms with van der Waals surface area (Å²) < 4.78 is 0. The van der Waals surface area contributed by atoms with Crippen molar-refractivity contribution in [1.29, 1.82) is 0 Å². The Morgan fingerprint density at radius 2 is 1.76 bits per heavy atom. The maximum absolute atomic E-state index is 11.3. The van der Waals surface area contributed by atoms with E-state index in [0.717, 1.165) is 19.2 Å². The molecule has 0 spiro atoms. The van der Waals surface area contributed by atoms with E-state index < -0.39 is 11.9 Å². The van der Waals surface area contributed by atoms with Crippen LogP contribution in [0.2, 0.25) is 0 Å². The number of amides is 1. The molecular formula is C13H23N3O5. The Kier molecular flexibility index (Phi) is 10.8. The van der Waals surface area contributed by atoms with E-state index in [-0.39, 0.29) is 18.8 Å². The Balaban J connectivity index is 0.000000690. The molecule has 1 fully saturated rings. The molecule has 0 unspecified atom stereocenters. The molecule has 8 heteroatoms. The molecule has 8 nitrogen and oxygen atoms in total. The van der Waals surface area contributed by atoms with Gasteiger partial charge in [0.25, 0.3) is 0 Å². The number of carbonyl (C=O) groups excluding carboxylic acids is 2. The molecule has 21 heavy (non-hydrogen) atoms. The number of nitrogens with two attached hydrogens (primary N) is 1. The molecule has 1 aliphatic heterocycles. The number of aliphatic carboxylic acids is 1. The molecule has 0 radical (unpaired) electrons. The van der Waals surface area contributed by atoms with Crippen molar-refractivity contribution in [2.75, 3.05) is 26.2 Å². The predicted octanol–water partition coefficient (Wildman–Crippen LogP) is -0.347. The van der Waals surface area contributed by atoms with Crippen LogP contribution in [0.1, 0.15) is 25.7 Å². The minimum atomic E-state index is -0.824. The second-order valence-corrected chi connectivity index (χ2v) is 4.35. The van der Waals surface area contributed by atoms with Gasteiger partial charge in [0.2, 0.25) is 5.91 Å². The minimum Gasteiger partial charge on any atom is -0.481 e. The number of carboxylic acid groups (broad SMARTS) is 1. The summed E-state index contributed by atoms with van der Waals surface area (Å²) in [6.07, 6.45) is 2.54. The van der Waals surface area contributed by atoms with Crippen molar-refractivity contribution in [3.8, 4) is 0 Å². The van der Waals surface area contributed by atoms with Gasteiger partial charge in [0, 0.05) is 39.0 Å². The number of hydroxylamine groups is 2. The summed E-state index contributed by atoms with van der Waals surface area (Å²) in [5.74, 6) is -1.58. The van der Waals surface area contributed by atoms with Gasteiger partial charge in [-0.25, -0.2) is 0 Å². The third-order valence-corrected chi connectivity index (χ3v) is 2.53. The molecule has 0 bridgehead atoms. The van der Waals surface area contributed by atoms with Gasteiger partial charge in [-0.1, -0.05) is 6.58 Å². The zero-order chi connectivity index (χ0) is 16.1. The lowest BCUT2D eigenvalue weighted by molar-refractivity contribution is -0.193. The Hall–Kier alpha value is -1.93. The fraction of sp³-hybridized carbons (Fsp3) is 0.615. The molecule has 1 heterocycles. The molecule has 4 N–H and O–H groups in total. The van der Waals surface area contributed by atoms with E-state index >= 15 is 0 Å². The highest BCUT2D eigenvalue weighted by Crippen LogP contribution is 2.03. The molecule has 0 saturated carbocycles. The van der Waals surface area contributed by atoms with Gasteiger partial charge < -0.3 is 21.0 Å². The van der Waals surface area contributed by atoms with Crippen LogP contribution in [0.4, 0.5) is 0 Å². The van der Waals surface area contributed by atoms with Gasteiger partial charge in [0.05, 0.1) is 0 Å². The minimum absolute atomic E-state index is 0.112. The van der Waals surface area contributed by atoms with E-state index in [9.17, 15) is 14.4 Å². The van der Waals surface area contributed by atoms with Crippen LogP contribution in [0.25, 0.3) is 0 Å². The number of unbranched alkanes of at least 4 members (excludes halogenated alkanes) is 1. The lowest BCUT2D eigenvalue weighted by Crippen LogP contribution is -2.44. The number of rotatable bonds is 7. The summed E-state index contributed by atoms with van der Waals surface area (Å²) in [6, 6.07) is 0. The van der Waals surface area contributed by atoms with Crippen molar-refractivity contribution in [2.24, 2.45) is 5.73 Å². The average molecular weight is 301 g/mol. The van der Waals surface area contributed by atoms with Crippen molar-refractivity contribution in [2.45, 2.75) is 25.7 Å². The van der Waals surface area contributed by atoms with Crippen LogP contribution in [-0.4, -0.2) is 54.2 Å². The first-order valence-corrected chi connectivity index (χ1v) is 6.75. The number of carboxylic acids is 1. The van der Waals surface area contributed by atoms with Crippen molar-refractivity contribution in [1.82, 2.24) is 10.4 Å². The lowest BCUT2D eigenvalue weighted by Gasteiger charge is -2.25. The Morgan fingerprint density at radius 3 is 2.24 bits per heavy atom. The quantitative estimate of drug-likeness (QED) is 0.434. The van der Waals surface area contributed by atoms with Crippen molar-refractivity contribution < 1.29 is 24.3 Å². The molecule has 120 valence electrons. The summed E-state index contributed by atoms with van der Waals surface area (Å²) >= 11 is 0. The molecule has 0 aromatic rings. The van der Waals surface area contributed by atoms with Crippen molar-refractivity contribution >= 4 is 17.8 Å². The molecule has 1 rings (SSSR count). The maximum Gasteiger partial charge on any atom is 0.325 e. The third-order valence-electron chi connectivity index (χ3n) is 2.53. The lowest BCUT2D eigenvalue weighted by atomic mass is 10.2. The van der Waals surface area contributed by atoms with Gasteiger partial charge in [-0.05, 0) is 18.9 Å². The monoisotopic (exact) mass is 301 g/mol. The molecule has 0 aromatic heterocycles. The summed E-state index contributed by atoms with van der Waals surface area (Å²) in [5, 5.41) is 13.2. The summed E-state index contributed by atoms with van der Waals surface area (Å²) in [6.45, 7) is 6.16. The maximum atomic E-state index is 11.3. The normalized spacial score (nSPS) is 14.5. The van der Waals surface area contributed by atoms with Crippen molar-refractivity contribution in [3.05, 3.63) is 12.7 Å². The third kappa shape index (κ3) is 12.8. The molecule has 1 aliphatic rings. The highest BCUT2D eigenvalue weighted by Gasteiger charge is 2.14. The summed E-state index contributed by atoms with van der Waals surface area (Å²) in [5.41, 5.74) is 4.53. The first kappa shape index (κ1) is 19.1. The van der Waals surface area contributed by atoms with Gasteiger partial charge in [-0.15, -0.1) is 5.06 Å². The van der Waals surface area contributed by atoms with E-state index in [4.69, 9.17) is 9.94 Å². The molecule has 0 aliphatic carbocycles. The summed E-state index contributed by atoms with van der Waals surface area (Å²) in [4.78, 5) is 36.1. The standard InChI is InChI=1S/C10H18N2O4.C3H5NO/c13-9(14)3-1-2-4-10(15)16-12-7-5-11-6-8-12;1-2-3(4)5/h11H,1-8H2,(H,13,14);2H,1H2,(H2,4,5). The van der Waals surface area contributed by atoms with Crippen LogP contribution in [0.15, 0.2) is 12.7 Å². The largest absolute Gasteiger partial charge is 0.481 e. The molecule has 1 amide bonds. The number of hydrogen-bond acceptors (Lipinski definition) is 6. The zero-order valence-corrected chi connectivity index (χ0v) is 12.0. The molecular weight excluding hydrogens is 278 g/mol. The number of nitrogens with one attached hydrogen (secondary N) is 1. The highest BCUT2D eigenvalue weighted by molar-refractivity contribution is 5.84. The van der Waals surface area contributed by atoms with Crippen LogP contribution < -0.4 is 11.1 Å². The summed E-state index contributed by atoms with van der Waals surface area (Å²) in [7, 11) is 0. The number of nitrogens with zero attached hydrogens (tertiary/aromatic N) is 1. The Bertz CT molecular complexity index is 354. The average Bonchev–Trinajstić information content (AvgIpc) is 2.45. The highest BCUT2D eigenvalue weighted by atomic mass is 16.7. The fourth-order valence-electron chi connectivity index (χ4n) is 1.47.